The molecule has 0 aromatic heterocycles. The molecule has 0 saturated heterocycles. The van der Waals surface area contributed by atoms with Crippen LogP contribution < -0.4 is 11.1 Å². The molecule has 0 heterocycles. The topological polar surface area (TPSA) is 75.3 Å². The van der Waals surface area contributed by atoms with Crippen LogP contribution in [-0.4, -0.2) is 29.2 Å². The van der Waals surface area contributed by atoms with Crippen molar-refractivity contribution < 1.29 is 9.90 Å². The molecular weight excluding hydrogens is 240 g/mol. The first-order chi connectivity index (χ1) is 9.08. The van der Waals surface area contributed by atoms with Gasteiger partial charge in [-0.3, -0.25) is 4.79 Å². The predicted molar refractivity (Wildman–Crippen MR) is 75.5 cm³/mol. The average molecular weight is 268 g/mol. The van der Waals surface area contributed by atoms with Gasteiger partial charge in [0, 0.05) is 12.0 Å². The van der Waals surface area contributed by atoms with Gasteiger partial charge in [-0.1, -0.05) is 26.2 Å². The molecule has 0 aromatic rings. The van der Waals surface area contributed by atoms with Gasteiger partial charge >= 0.3 is 0 Å². The third-order valence-electron chi connectivity index (χ3n) is 4.91. The molecule has 4 heteroatoms. The molecule has 5 atom stereocenters. The van der Waals surface area contributed by atoms with Crippen molar-refractivity contribution >= 4 is 5.91 Å². The Morgan fingerprint density at radius 3 is 2.63 bits per heavy atom. The molecule has 0 radical (unpaired) electrons. The second kappa shape index (κ2) is 6.71. The van der Waals surface area contributed by atoms with E-state index >= 15 is 0 Å². The molecule has 4 nitrogen and oxygen atoms in total. The van der Waals surface area contributed by atoms with Gasteiger partial charge in [0.1, 0.15) is 0 Å². The minimum Gasteiger partial charge on any atom is -0.391 e. The number of hydrogen-bond acceptors (Lipinski definition) is 3. The third kappa shape index (κ3) is 3.93. The van der Waals surface area contributed by atoms with Crippen LogP contribution in [0.15, 0.2) is 0 Å². The van der Waals surface area contributed by atoms with Crippen molar-refractivity contribution in [2.45, 2.75) is 76.5 Å². The van der Waals surface area contributed by atoms with E-state index in [4.69, 9.17) is 5.73 Å². The molecule has 2 fully saturated rings. The SMILES string of the molecule is CC1CC(C(=O)NC2CCCCCC2O)CCC1N. The van der Waals surface area contributed by atoms with E-state index in [1.807, 2.05) is 0 Å². The van der Waals surface area contributed by atoms with Crippen molar-refractivity contribution in [2.75, 3.05) is 0 Å². The molecule has 110 valence electrons. The van der Waals surface area contributed by atoms with Crippen LogP contribution in [0, 0.1) is 11.8 Å². The fourth-order valence-corrected chi connectivity index (χ4v) is 3.41. The predicted octanol–water partition coefficient (Wildman–Crippen LogP) is 1.56. The molecule has 0 spiro atoms. The van der Waals surface area contributed by atoms with Crippen LogP contribution >= 0.6 is 0 Å². The van der Waals surface area contributed by atoms with E-state index in [1.165, 1.54) is 6.42 Å². The maximum absolute atomic E-state index is 12.3. The highest BCUT2D eigenvalue weighted by Gasteiger charge is 2.31. The number of nitrogens with two attached hydrogens (primary N) is 1. The van der Waals surface area contributed by atoms with Gasteiger partial charge in [-0.25, -0.2) is 0 Å². The zero-order valence-electron chi connectivity index (χ0n) is 12.0. The number of nitrogens with one attached hydrogen (secondary N) is 1. The summed E-state index contributed by atoms with van der Waals surface area (Å²) in [4.78, 5) is 12.3. The van der Waals surface area contributed by atoms with Gasteiger partial charge in [-0.05, 0) is 38.0 Å². The van der Waals surface area contributed by atoms with E-state index in [1.54, 1.807) is 0 Å². The molecule has 2 aliphatic rings. The Bertz CT molecular complexity index is 309. The van der Waals surface area contributed by atoms with E-state index in [0.717, 1.165) is 44.9 Å². The summed E-state index contributed by atoms with van der Waals surface area (Å²) in [6.07, 6.45) is 7.42. The standard InChI is InChI=1S/C15H28N2O2/c1-10-9-11(7-8-12(10)16)15(19)17-13-5-3-2-4-6-14(13)18/h10-14,18H,2-9,16H2,1H3,(H,17,19). The van der Waals surface area contributed by atoms with Gasteiger partial charge in [-0.2, -0.15) is 0 Å². The lowest BCUT2D eigenvalue weighted by Gasteiger charge is -2.32. The van der Waals surface area contributed by atoms with Crippen LogP contribution in [0.1, 0.15) is 58.3 Å². The first kappa shape index (κ1) is 14.8. The van der Waals surface area contributed by atoms with Crippen molar-refractivity contribution in [3.8, 4) is 0 Å². The maximum atomic E-state index is 12.3. The highest BCUT2D eigenvalue weighted by atomic mass is 16.3. The smallest absolute Gasteiger partial charge is 0.223 e. The fraction of sp³-hybridized carbons (Fsp3) is 0.933. The summed E-state index contributed by atoms with van der Waals surface area (Å²) in [7, 11) is 0. The van der Waals surface area contributed by atoms with Crippen LogP contribution in [0.4, 0.5) is 0 Å². The summed E-state index contributed by atoms with van der Waals surface area (Å²) in [5, 5.41) is 13.1. The average Bonchev–Trinajstić information content (AvgIpc) is 2.58. The van der Waals surface area contributed by atoms with E-state index < -0.39 is 0 Å². The Kier molecular flexibility index (Phi) is 5.22. The summed E-state index contributed by atoms with van der Waals surface area (Å²) in [5.41, 5.74) is 6.00. The number of aliphatic hydroxyl groups excluding tert-OH is 1. The van der Waals surface area contributed by atoms with Crippen LogP contribution in [0.3, 0.4) is 0 Å². The number of rotatable bonds is 2. The fourth-order valence-electron chi connectivity index (χ4n) is 3.41. The van der Waals surface area contributed by atoms with Gasteiger partial charge in [0.15, 0.2) is 0 Å². The minimum absolute atomic E-state index is 0.0408. The summed E-state index contributed by atoms with van der Waals surface area (Å²) in [6.45, 7) is 2.13. The highest BCUT2D eigenvalue weighted by molar-refractivity contribution is 5.79. The van der Waals surface area contributed by atoms with E-state index in [2.05, 4.69) is 12.2 Å². The number of hydrogen-bond donors (Lipinski definition) is 3. The largest absolute Gasteiger partial charge is 0.391 e. The Labute approximate surface area is 116 Å². The molecule has 0 aromatic carbocycles. The molecular formula is C15H28N2O2. The zero-order chi connectivity index (χ0) is 13.8. The van der Waals surface area contributed by atoms with Gasteiger partial charge < -0.3 is 16.2 Å². The molecule has 0 aliphatic heterocycles. The van der Waals surface area contributed by atoms with Crippen molar-refractivity contribution in [2.24, 2.45) is 17.6 Å². The molecule has 1 amide bonds. The lowest BCUT2D eigenvalue weighted by molar-refractivity contribution is -0.128. The molecule has 2 saturated carbocycles. The number of carbonyl (C=O) groups is 1. The molecule has 0 bridgehead atoms. The Morgan fingerprint density at radius 1 is 1.16 bits per heavy atom. The van der Waals surface area contributed by atoms with E-state index in [-0.39, 0.29) is 30.0 Å². The summed E-state index contributed by atoms with van der Waals surface area (Å²) < 4.78 is 0. The second-order valence-corrected chi connectivity index (χ2v) is 6.47. The summed E-state index contributed by atoms with van der Waals surface area (Å²) in [5.74, 6) is 0.638. The van der Waals surface area contributed by atoms with Gasteiger partial charge in [-0.15, -0.1) is 0 Å². The Balaban J connectivity index is 1.86. The van der Waals surface area contributed by atoms with E-state index in [9.17, 15) is 9.90 Å². The van der Waals surface area contributed by atoms with Crippen LogP contribution in [0.25, 0.3) is 0 Å². The molecule has 4 N–H and O–H groups in total. The Morgan fingerprint density at radius 2 is 1.89 bits per heavy atom. The van der Waals surface area contributed by atoms with Crippen molar-refractivity contribution in [1.29, 1.82) is 0 Å². The summed E-state index contributed by atoms with van der Waals surface area (Å²) in [6, 6.07) is 0.202. The number of aliphatic hydroxyl groups is 1. The second-order valence-electron chi connectivity index (χ2n) is 6.47. The highest BCUT2D eigenvalue weighted by Crippen LogP contribution is 2.28. The van der Waals surface area contributed by atoms with Crippen LogP contribution in [-0.2, 0) is 4.79 Å². The minimum atomic E-state index is -0.366. The third-order valence-corrected chi connectivity index (χ3v) is 4.91. The molecule has 19 heavy (non-hydrogen) atoms. The van der Waals surface area contributed by atoms with Gasteiger partial charge in [0.25, 0.3) is 0 Å². The monoisotopic (exact) mass is 268 g/mol. The maximum Gasteiger partial charge on any atom is 0.223 e. The van der Waals surface area contributed by atoms with Crippen LogP contribution in [0.2, 0.25) is 0 Å². The molecule has 2 aliphatic carbocycles. The lowest BCUT2D eigenvalue weighted by Crippen LogP contribution is -2.47. The lowest BCUT2D eigenvalue weighted by atomic mass is 9.79. The number of amides is 1. The van der Waals surface area contributed by atoms with E-state index in [0.29, 0.717) is 5.92 Å². The van der Waals surface area contributed by atoms with Gasteiger partial charge in [0.2, 0.25) is 5.91 Å². The van der Waals surface area contributed by atoms with Crippen molar-refractivity contribution in [3.63, 3.8) is 0 Å². The first-order valence-corrected chi connectivity index (χ1v) is 7.82. The molecule has 5 unspecified atom stereocenters. The normalized spacial score (nSPS) is 40.5. The number of carbonyl (C=O) groups excluding carboxylic acids is 1. The van der Waals surface area contributed by atoms with Crippen LogP contribution in [0.5, 0.6) is 0 Å². The first-order valence-electron chi connectivity index (χ1n) is 7.82. The van der Waals surface area contributed by atoms with Crippen molar-refractivity contribution in [3.05, 3.63) is 0 Å². The quantitative estimate of drug-likeness (QED) is 0.665. The van der Waals surface area contributed by atoms with Crippen molar-refractivity contribution in [1.82, 2.24) is 5.32 Å². The summed E-state index contributed by atoms with van der Waals surface area (Å²) >= 11 is 0. The van der Waals surface area contributed by atoms with Gasteiger partial charge in [0.05, 0.1) is 12.1 Å². The zero-order valence-corrected chi connectivity index (χ0v) is 12.0. The molecule has 2 rings (SSSR count). The Hall–Kier alpha value is -0.610.